The van der Waals surface area contributed by atoms with E-state index in [0.717, 1.165) is 64.9 Å². The zero-order valence-corrected chi connectivity index (χ0v) is 84.5. The maximum atomic E-state index is 5.36. The quantitative estimate of drug-likeness (QED) is 0.0373. The first-order chi connectivity index (χ1) is 56.7. The van der Waals surface area contributed by atoms with Crippen molar-refractivity contribution in [2.45, 2.75) is 187 Å². The summed E-state index contributed by atoms with van der Waals surface area (Å²) in [6, 6.07) is 120. The van der Waals surface area contributed by atoms with Crippen molar-refractivity contribution in [3.8, 4) is 11.1 Å². The van der Waals surface area contributed by atoms with Crippen LogP contribution in [0.15, 0.2) is 315 Å². The predicted octanol–water partition coefficient (Wildman–Crippen LogP) is 26.6. The standard InChI is InChI=1S/C108H132N4Si8/c1-25-80(4)107(26-2,81-36-30-28-31-37-81)108(82-38-32-29-33-39-82)103-76-91(111(87-50-65-94(66-51-87)115(11,12)13)88-54-71-98(72-55-88)119(21,22)78-117(17,18)96-61-44-84(45-62-96)109-83-42-59-92(60-43-83)113(5,6)7)58-75-102(103)106-101-41-35-34-40-100(101)105(77-104(106)108)112(89-52-67-95(68-53-89)116(14,15)16)90-56-73-99(74-57-90)120(23,24)79-118(19,20)97-69-48-86(49-70-97)110(27-3)85-46-63-93(64-47-85)114(8,9)10/h28-77,109H,4,25-27,78-79H2,1-3,5-24H3. The van der Waals surface area contributed by atoms with E-state index in [1.165, 1.54) is 114 Å². The van der Waals surface area contributed by atoms with E-state index in [1.54, 1.807) is 0 Å². The highest BCUT2D eigenvalue weighted by molar-refractivity contribution is 7.07. The number of anilines is 10. The first-order valence-electron chi connectivity index (χ1n) is 44.2. The Balaban J connectivity index is 0.904. The third-order valence-electron chi connectivity index (χ3n) is 26.9. The third-order valence-corrected chi connectivity index (χ3v) is 56.9. The van der Waals surface area contributed by atoms with Gasteiger partial charge in [-0.1, -0.05) is 398 Å². The molecular weight excluding hydrogens is 1580 g/mol. The van der Waals surface area contributed by atoms with Crippen LogP contribution < -0.4 is 61.5 Å². The molecule has 2 atom stereocenters. The number of fused-ring (bicyclic) bond motifs is 5. The fraction of sp³-hybridized carbons (Fsp3) is 0.278. The number of hydrogen-bond acceptors (Lipinski definition) is 4. The van der Waals surface area contributed by atoms with Crippen LogP contribution in [-0.2, 0) is 10.8 Å². The summed E-state index contributed by atoms with van der Waals surface area (Å²) in [6.07, 6.45) is 1.59. The number of nitrogens with one attached hydrogen (secondary N) is 1. The summed E-state index contributed by atoms with van der Waals surface area (Å²) in [5, 5.41) is 18.1. The van der Waals surface area contributed by atoms with Gasteiger partial charge in [0.05, 0.1) is 75.7 Å². The van der Waals surface area contributed by atoms with Crippen LogP contribution in [-0.4, -0.2) is 71.1 Å². The minimum absolute atomic E-state index is 0.670. The zero-order chi connectivity index (χ0) is 85.9. The zero-order valence-electron chi connectivity index (χ0n) is 76.5. The van der Waals surface area contributed by atoms with Gasteiger partial charge in [-0.15, -0.1) is 0 Å². The Morgan fingerprint density at radius 2 is 0.650 bits per heavy atom. The molecule has 0 spiro atoms. The van der Waals surface area contributed by atoms with E-state index < -0.39 is 75.4 Å². The minimum Gasteiger partial charge on any atom is -0.356 e. The number of hydrogen-bond donors (Lipinski definition) is 1. The van der Waals surface area contributed by atoms with E-state index in [0.29, 0.717) is 0 Å². The van der Waals surface area contributed by atoms with Crippen molar-refractivity contribution in [3.63, 3.8) is 0 Å². The Morgan fingerprint density at radius 1 is 0.325 bits per heavy atom. The smallest absolute Gasteiger partial charge is 0.0783 e. The lowest BCUT2D eigenvalue weighted by atomic mass is 9.49. The highest BCUT2D eigenvalue weighted by Gasteiger charge is 2.60. The van der Waals surface area contributed by atoms with Crippen LogP contribution in [0, 0.1) is 0 Å². The molecule has 2 unspecified atom stereocenters. The van der Waals surface area contributed by atoms with E-state index in [9.17, 15) is 0 Å². The Hall–Kier alpha value is -9.20. The van der Waals surface area contributed by atoms with Gasteiger partial charge in [-0.2, -0.15) is 0 Å². The van der Waals surface area contributed by atoms with E-state index in [4.69, 9.17) is 6.58 Å². The molecule has 120 heavy (non-hydrogen) atoms. The van der Waals surface area contributed by atoms with Crippen LogP contribution in [0.5, 0.6) is 0 Å². The number of nitrogens with zero attached hydrogens (tertiary/aromatic N) is 3. The van der Waals surface area contributed by atoms with E-state index in [-0.39, 0.29) is 0 Å². The van der Waals surface area contributed by atoms with Crippen LogP contribution >= 0.6 is 0 Å². The van der Waals surface area contributed by atoms with Gasteiger partial charge in [0.25, 0.3) is 0 Å². The molecule has 0 radical (unpaired) electrons. The summed E-state index contributed by atoms with van der Waals surface area (Å²) in [5.74, 6) is 0. The average Bonchev–Trinajstić information content (AvgIpc) is 1.49. The molecule has 0 saturated heterocycles. The molecule has 1 aliphatic rings. The Kier molecular flexibility index (Phi) is 24.4. The molecule has 616 valence electrons. The predicted molar refractivity (Wildman–Crippen MR) is 555 cm³/mol. The highest BCUT2D eigenvalue weighted by atomic mass is 28.4. The fourth-order valence-electron chi connectivity index (χ4n) is 20.4. The van der Waals surface area contributed by atoms with Gasteiger partial charge < -0.3 is 20.0 Å². The lowest BCUT2D eigenvalue weighted by molar-refractivity contribution is 0.338. The fourth-order valence-corrected chi connectivity index (χ4v) is 50.3. The van der Waals surface area contributed by atoms with Gasteiger partial charge in [-0.25, -0.2) is 0 Å². The normalized spacial score (nSPS) is 14.6. The molecule has 0 amide bonds. The van der Waals surface area contributed by atoms with Crippen LogP contribution in [0.3, 0.4) is 0 Å². The largest absolute Gasteiger partial charge is 0.356 e. The van der Waals surface area contributed by atoms with Gasteiger partial charge in [-0.3, -0.25) is 0 Å². The van der Waals surface area contributed by atoms with Crippen molar-refractivity contribution in [2.75, 3.05) is 26.6 Å². The van der Waals surface area contributed by atoms with Crippen LogP contribution in [0.25, 0.3) is 21.9 Å². The van der Waals surface area contributed by atoms with Gasteiger partial charge >= 0.3 is 0 Å². The molecule has 12 heteroatoms. The average molecular weight is 1710 g/mol. The van der Waals surface area contributed by atoms with Gasteiger partial charge in [0.2, 0.25) is 0 Å². The van der Waals surface area contributed by atoms with Crippen LogP contribution in [0.1, 0.15) is 55.9 Å². The molecule has 0 saturated carbocycles. The summed E-state index contributed by atoms with van der Waals surface area (Å²) in [6.45, 7) is 63.5. The number of rotatable bonds is 29. The first kappa shape index (κ1) is 87.2. The van der Waals surface area contributed by atoms with Crippen molar-refractivity contribution < 1.29 is 0 Å². The number of benzene rings is 13. The second kappa shape index (κ2) is 33.6. The lowest BCUT2D eigenvalue weighted by Gasteiger charge is -2.52. The monoisotopic (exact) mass is 1710 g/mol. The van der Waals surface area contributed by atoms with E-state index in [2.05, 4.69) is 475 Å². The molecule has 0 bridgehead atoms. The maximum Gasteiger partial charge on any atom is 0.0783 e. The van der Waals surface area contributed by atoms with Gasteiger partial charge in [0.1, 0.15) is 0 Å². The minimum atomic E-state index is -2.06. The Bertz CT molecular complexity index is 5780. The SMILES string of the molecule is C=C(CC)C(CC)(c1ccccc1)C1(c2ccccc2)c2cc(N(c3ccc([Si](C)(C)C)cc3)c3ccc([Si](C)(C)C[Si](C)(C)c4ccc(Nc5ccc([Si](C)(C)C)cc5)cc4)cc3)ccc2-c2c1cc(N(c1ccc([Si](C)(C)C)cc1)c1ccc([Si](C)(C)C[Si](C)(C)c3ccc(N(CC)c4ccc([Si](C)(C)C)cc4)cc3)cc1)c1ccccc21. The molecule has 0 aromatic heterocycles. The molecule has 14 rings (SSSR count). The lowest BCUT2D eigenvalue weighted by Crippen LogP contribution is -2.53. The molecular formula is C108H132N4Si8. The maximum absolute atomic E-state index is 5.36. The van der Waals surface area contributed by atoms with Crippen molar-refractivity contribution in [1.82, 2.24) is 0 Å². The third kappa shape index (κ3) is 17.0. The summed E-state index contributed by atoms with van der Waals surface area (Å²) >= 11 is 0. The molecule has 0 heterocycles. The van der Waals surface area contributed by atoms with E-state index >= 15 is 0 Å². The summed E-state index contributed by atoms with van der Waals surface area (Å²) in [7, 11) is -14.1. The number of allylic oxidation sites excluding steroid dienone is 1. The topological polar surface area (TPSA) is 21.8 Å². The van der Waals surface area contributed by atoms with Crippen molar-refractivity contribution in [1.29, 1.82) is 0 Å². The van der Waals surface area contributed by atoms with Crippen molar-refractivity contribution >= 4 is 174 Å². The molecule has 13 aromatic rings. The first-order valence-corrected chi connectivity index (χ1v) is 71.1. The molecule has 13 aromatic carbocycles. The summed E-state index contributed by atoms with van der Waals surface area (Å²) in [5.41, 5.74) is 21.5. The van der Waals surface area contributed by atoms with Gasteiger partial charge in [0.15, 0.2) is 0 Å². The van der Waals surface area contributed by atoms with Gasteiger partial charge in [-0.05, 0) is 174 Å². The summed E-state index contributed by atoms with van der Waals surface area (Å²) < 4.78 is 0. The summed E-state index contributed by atoms with van der Waals surface area (Å²) in [4.78, 5) is 7.66. The second-order valence-corrected chi connectivity index (χ2v) is 81.7. The van der Waals surface area contributed by atoms with E-state index in [1.807, 2.05) is 0 Å². The Labute approximate surface area is 730 Å². The molecule has 1 aliphatic carbocycles. The van der Waals surface area contributed by atoms with Crippen molar-refractivity contribution in [2.24, 2.45) is 0 Å². The van der Waals surface area contributed by atoms with Crippen molar-refractivity contribution in [3.05, 3.63) is 338 Å². The second-order valence-electron chi connectivity index (χ2n) is 41.2. The molecule has 4 nitrogen and oxygen atoms in total. The Morgan fingerprint density at radius 3 is 1.02 bits per heavy atom. The van der Waals surface area contributed by atoms with Crippen LogP contribution in [0.4, 0.5) is 56.9 Å². The molecule has 1 N–H and O–H groups in total. The van der Waals surface area contributed by atoms with Gasteiger partial charge in [0, 0.05) is 68.5 Å². The highest BCUT2D eigenvalue weighted by Crippen LogP contribution is 2.67. The molecule has 0 aliphatic heterocycles. The van der Waals surface area contributed by atoms with Crippen LogP contribution in [0.2, 0.25) is 142 Å². The molecule has 0 fully saturated rings.